The molecule has 0 saturated carbocycles. The summed E-state index contributed by atoms with van der Waals surface area (Å²) in [6.07, 6.45) is 0.819. The van der Waals surface area contributed by atoms with Crippen molar-refractivity contribution in [3.05, 3.63) is 63.7 Å². The van der Waals surface area contributed by atoms with Gasteiger partial charge in [-0.25, -0.2) is 0 Å². The van der Waals surface area contributed by atoms with Crippen LogP contribution in [-0.2, 0) is 0 Å². The van der Waals surface area contributed by atoms with E-state index in [2.05, 4.69) is 5.32 Å². The van der Waals surface area contributed by atoms with Gasteiger partial charge < -0.3 is 10.1 Å². The van der Waals surface area contributed by atoms with E-state index in [4.69, 9.17) is 4.74 Å². The van der Waals surface area contributed by atoms with Crippen molar-refractivity contribution in [1.82, 2.24) is 0 Å². The summed E-state index contributed by atoms with van der Waals surface area (Å²) in [5.74, 6) is 0.0188. The van der Waals surface area contributed by atoms with E-state index in [1.54, 1.807) is 37.3 Å². The molecule has 0 aliphatic carbocycles. The van der Waals surface area contributed by atoms with Gasteiger partial charge in [-0.3, -0.25) is 14.9 Å². The predicted molar refractivity (Wildman–Crippen MR) is 88.0 cm³/mol. The Morgan fingerprint density at radius 2 is 2.00 bits per heavy atom. The number of hydrogen-bond acceptors (Lipinski definition) is 4. The minimum Gasteiger partial charge on any atom is -0.493 e. The van der Waals surface area contributed by atoms with E-state index in [1.807, 2.05) is 6.92 Å². The van der Waals surface area contributed by atoms with Gasteiger partial charge in [-0.15, -0.1) is 0 Å². The molecule has 0 unspecified atom stereocenters. The molecule has 6 heteroatoms. The molecule has 23 heavy (non-hydrogen) atoms. The average molecular weight is 314 g/mol. The molecule has 2 aromatic carbocycles. The Hall–Kier alpha value is -2.89. The Balaban J connectivity index is 2.28. The first-order valence-electron chi connectivity index (χ1n) is 7.31. The number of carbonyl (C=O) groups excluding carboxylic acids is 1. The van der Waals surface area contributed by atoms with Crippen molar-refractivity contribution in [2.24, 2.45) is 0 Å². The standard InChI is InChI=1S/C17H18N2O4/c1-3-10-23-16-7-5-4-6-13(16)17(20)18-14-9-8-12(2)11-15(14)19(21)22/h4-9,11H,3,10H2,1-2H3,(H,18,20). The smallest absolute Gasteiger partial charge is 0.293 e. The third-order valence-corrected chi connectivity index (χ3v) is 3.19. The van der Waals surface area contributed by atoms with Crippen LogP contribution in [0, 0.1) is 17.0 Å². The van der Waals surface area contributed by atoms with Crippen LogP contribution in [0.4, 0.5) is 11.4 Å². The van der Waals surface area contributed by atoms with Crippen LogP contribution < -0.4 is 10.1 Å². The minimum absolute atomic E-state index is 0.134. The summed E-state index contributed by atoms with van der Waals surface area (Å²) in [4.78, 5) is 23.1. The highest BCUT2D eigenvalue weighted by molar-refractivity contribution is 6.07. The Kier molecular flexibility index (Phi) is 5.30. The average Bonchev–Trinajstić information content (AvgIpc) is 2.54. The van der Waals surface area contributed by atoms with E-state index < -0.39 is 10.8 Å². The third kappa shape index (κ3) is 4.06. The molecule has 0 fully saturated rings. The van der Waals surface area contributed by atoms with Gasteiger partial charge in [-0.05, 0) is 37.1 Å². The molecule has 0 spiro atoms. The number of nitro groups is 1. The Bertz CT molecular complexity index is 728. The van der Waals surface area contributed by atoms with Crippen molar-refractivity contribution in [2.45, 2.75) is 20.3 Å². The Morgan fingerprint density at radius 3 is 2.70 bits per heavy atom. The third-order valence-electron chi connectivity index (χ3n) is 3.19. The summed E-state index contributed by atoms with van der Waals surface area (Å²) in [7, 11) is 0. The number of carbonyl (C=O) groups is 1. The molecule has 0 radical (unpaired) electrons. The predicted octanol–water partition coefficient (Wildman–Crippen LogP) is 3.94. The number of rotatable bonds is 6. The van der Waals surface area contributed by atoms with Crippen molar-refractivity contribution in [3.8, 4) is 5.75 Å². The zero-order valence-corrected chi connectivity index (χ0v) is 13.0. The van der Waals surface area contributed by atoms with Gasteiger partial charge in [0.2, 0.25) is 0 Å². The van der Waals surface area contributed by atoms with E-state index in [0.717, 1.165) is 12.0 Å². The number of nitrogens with zero attached hydrogens (tertiary/aromatic N) is 1. The molecule has 1 amide bonds. The maximum atomic E-state index is 12.4. The highest BCUT2D eigenvalue weighted by Gasteiger charge is 2.18. The van der Waals surface area contributed by atoms with Gasteiger partial charge in [0.05, 0.1) is 17.1 Å². The fraction of sp³-hybridized carbons (Fsp3) is 0.235. The van der Waals surface area contributed by atoms with E-state index in [0.29, 0.717) is 17.9 Å². The molecule has 0 saturated heterocycles. The van der Waals surface area contributed by atoms with Gasteiger partial charge in [-0.2, -0.15) is 0 Å². The van der Waals surface area contributed by atoms with E-state index in [1.165, 1.54) is 12.1 Å². The number of benzene rings is 2. The first kappa shape index (κ1) is 16.5. The lowest BCUT2D eigenvalue weighted by Crippen LogP contribution is -2.15. The number of ether oxygens (including phenoxy) is 1. The molecule has 2 aromatic rings. The van der Waals surface area contributed by atoms with Gasteiger partial charge in [-0.1, -0.05) is 25.1 Å². The zero-order chi connectivity index (χ0) is 16.8. The SMILES string of the molecule is CCCOc1ccccc1C(=O)Nc1ccc(C)cc1[N+](=O)[O-]. The number of nitro benzene ring substituents is 1. The molecule has 0 aliphatic rings. The number of amides is 1. The second kappa shape index (κ2) is 7.40. The molecule has 0 atom stereocenters. The van der Waals surface area contributed by atoms with Crippen LogP contribution in [0.3, 0.4) is 0 Å². The first-order valence-corrected chi connectivity index (χ1v) is 7.31. The highest BCUT2D eigenvalue weighted by atomic mass is 16.6. The Labute approximate surface area is 134 Å². The molecule has 6 nitrogen and oxygen atoms in total. The van der Waals surface area contributed by atoms with Crippen molar-refractivity contribution < 1.29 is 14.5 Å². The largest absolute Gasteiger partial charge is 0.493 e. The number of anilines is 1. The number of nitrogens with one attached hydrogen (secondary N) is 1. The van der Waals surface area contributed by atoms with Crippen molar-refractivity contribution in [2.75, 3.05) is 11.9 Å². The molecular weight excluding hydrogens is 296 g/mol. The van der Waals surface area contributed by atoms with Gasteiger partial charge >= 0.3 is 0 Å². The van der Waals surface area contributed by atoms with Crippen molar-refractivity contribution >= 4 is 17.3 Å². The van der Waals surface area contributed by atoms with Gasteiger partial charge in [0, 0.05) is 6.07 Å². The zero-order valence-electron chi connectivity index (χ0n) is 13.0. The number of para-hydroxylation sites is 1. The summed E-state index contributed by atoms with van der Waals surface area (Å²) in [6.45, 7) is 4.22. The van der Waals surface area contributed by atoms with Crippen LogP contribution in [-0.4, -0.2) is 17.4 Å². The summed E-state index contributed by atoms with van der Waals surface area (Å²) in [6, 6.07) is 11.5. The number of aryl methyl sites for hydroxylation is 1. The van der Waals surface area contributed by atoms with Crippen LogP contribution in [0.25, 0.3) is 0 Å². The summed E-state index contributed by atoms with van der Waals surface area (Å²) >= 11 is 0. The second-order valence-corrected chi connectivity index (χ2v) is 5.08. The molecular formula is C17H18N2O4. The van der Waals surface area contributed by atoms with Crippen LogP contribution in [0.5, 0.6) is 5.75 Å². The maximum Gasteiger partial charge on any atom is 0.293 e. The highest BCUT2D eigenvalue weighted by Crippen LogP contribution is 2.27. The van der Waals surface area contributed by atoms with Crippen LogP contribution >= 0.6 is 0 Å². The van der Waals surface area contributed by atoms with Crippen LogP contribution in [0.15, 0.2) is 42.5 Å². The van der Waals surface area contributed by atoms with Gasteiger partial charge in [0.15, 0.2) is 0 Å². The van der Waals surface area contributed by atoms with Crippen LogP contribution in [0.1, 0.15) is 29.3 Å². The van der Waals surface area contributed by atoms with E-state index in [9.17, 15) is 14.9 Å². The molecule has 0 aromatic heterocycles. The molecule has 2 rings (SSSR count). The minimum atomic E-state index is -0.512. The lowest BCUT2D eigenvalue weighted by molar-refractivity contribution is -0.384. The fourth-order valence-corrected chi connectivity index (χ4v) is 2.08. The second-order valence-electron chi connectivity index (χ2n) is 5.08. The lowest BCUT2D eigenvalue weighted by atomic mass is 10.1. The summed E-state index contributed by atoms with van der Waals surface area (Å²) in [5.41, 5.74) is 1.12. The molecule has 120 valence electrons. The quantitative estimate of drug-likeness (QED) is 0.646. The maximum absolute atomic E-state index is 12.4. The Morgan fingerprint density at radius 1 is 1.26 bits per heavy atom. The molecule has 0 heterocycles. The summed E-state index contributed by atoms with van der Waals surface area (Å²) in [5, 5.41) is 13.7. The first-order chi connectivity index (χ1) is 11.0. The topological polar surface area (TPSA) is 81.5 Å². The molecule has 1 N–H and O–H groups in total. The number of hydrogen-bond donors (Lipinski definition) is 1. The summed E-state index contributed by atoms with van der Waals surface area (Å²) < 4.78 is 5.55. The van der Waals surface area contributed by atoms with Crippen molar-refractivity contribution in [1.29, 1.82) is 0 Å². The van der Waals surface area contributed by atoms with Gasteiger partial charge in [0.25, 0.3) is 11.6 Å². The van der Waals surface area contributed by atoms with Gasteiger partial charge in [0.1, 0.15) is 11.4 Å². The molecule has 0 aliphatic heterocycles. The monoisotopic (exact) mass is 314 g/mol. The fourth-order valence-electron chi connectivity index (χ4n) is 2.08. The van der Waals surface area contributed by atoms with E-state index >= 15 is 0 Å². The molecule has 0 bridgehead atoms. The normalized spacial score (nSPS) is 10.2. The van der Waals surface area contributed by atoms with Crippen LogP contribution in [0.2, 0.25) is 0 Å². The lowest BCUT2D eigenvalue weighted by Gasteiger charge is -2.11. The van der Waals surface area contributed by atoms with Crippen molar-refractivity contribution in [3.63, 3.8) is 0 Å². The van der Waals surface area contributed by atoms with E-state index in [-0.39, 0.29) is 11.4 Å².